The first kappa shape index (κ1) is 69.6. The molecule has 4 saturated carbocycles. The quantitative estimate of drug-likeness (QED) is 0.0118. The predicted octanol–water partition coefficient (Wildman–Crippen LogP) is 7.61. The number of primary amides is 1. The third-order valence-electron chi connectivity index (χ3n) is 20.0. The van der Waals surface area contributed by atoms with Gasteiger partial charge < -0.3 is 61.4 Å². The summed E-state index contributed by atoms with van der Waals surface area (Å²) in [6, 6.07) is 16.3. The van der Waals surface area contributed by atoms with Crippen molar-refractivity contribution in [2.45, 2.75) is 143 Å². The average molecular weight is 1350 g/mol. The molecule has 26 nitrogen and oxygen atoms in total. The van der Waals surface area contributed by atoms with Gasteiger partial charge in [-0.1, -0.05) is 63.3 Å². The number of ether oxygens (including phenoxy) is 2. The second-order valence-electron chi connectivity index (χ2n) is 28.7. The Morgan fingerprint density at radius 1 is 0.845 bits per heavy atom. The molecule has 4 bridgehead atoms. The normalized spacial score (nSPS) is 22.2. The van der Waals surface area contributed by atoms with E-state index in [0.717, 1.165) is 99.6 Å². The number of pyridine rings is 1. The Morgan fingerprint density at radius 3 is 2.29 bits per heavy atom. The van der Waals surface area contributed by atoms with Gasteiger partial charge in [0.25, 0.3) is 11.8 Å². The first-order chi connectivity index (χ1) is 46.3. The van der Waals surface area contributed by atoms with Crippen LogP contribution in [0.3, 0.4) is 0 Å². The van der Waals surface area contributed by atoms with Crippen LogP contribution in [0.4, 0.5) is 33.1 Å². The molecule has 516 valence electrons. The first-order valence-electron chi connectivity index (χ1n) is 33.5. The van der Waals surface area contributed by atoms with E-state index in [0.29, 0.717) is 78.9 Å². The van der Waals surface area contributed by atoms with Crippen molar-refractivity contribution in [3.8, 4) is 11.1 Å². The van der Waals surface area contributed by atoms with Gasteiger partial charge in [-0.25, -0.2) is 19.6 Å². The second kappa shape index (κ2) is 28.7. The van der Waals surface area contributed by atoms with Gasteiger partial charge in [-0.3, -0.25) is 33.6 Å². The summed E-state index contributed by atoms with van der Waals surface area (Å²) in [5.74, 6) is -2.15. The number of carboxylic acids is 1. The molecule has 12 rings (SSSR count). The molecule has 0 saturated heterocycles. The van der Waals surface area contributed by atoms with Crippen molar-refractivity contribution in [2.75, 3.05) is 81.7 Å². The molecule has 97 heavy (non-hydrogen) atoms. The van der Waals surface area contributed by atoms with Gasteiger partial charge >= 0.3 is 12.0 Å². The van der Waals surface area contributed by atoms with Crippen LogP contribution in [0, 0.1) is 36.0 Å². The van der Waals surface area contributed by atoms with E-state index in [9.17, 15) is 43.8 Å². The van der Waals surface area contributed by atoms with E-state index in [4.69, 9.17) is 35.4 Å². The number of rotatable bonds is 31. The van der Waals surface area contributed by atoms with E-state index in [-0.39, 0.29) is 79.2 Å². The Kier molecular flexibility index (Phi) is 20.6. The number of aromatic nitrogens is 6. The molecule has 27 heteroatoms. The number of nitrogens with two attached hydrogens (primary N) is 1. The molecule has 3 unspecified atom stereocenters. The summed E-state index contributed by atoms with van der Waals surface area (Å²) < 4.78 is 16.4. The average Bonchev–Trinajstić information content (AvgIpc) is 0.845. The highest BCUT2D eigenvalue weighted by Gasteiger charge is 2.66. The summed E-state index contributed by atoms with van der Waals surface area (Å²) in [5, 5.41) is 50.7. The molecule has 4 aromatic heterocycles. The number of fused-ring (bicyclic) bond motifs is 2. The summed E-state index contributed by atoms with van der Waals surface area (Å²) in [4.78, 5) is 102. The number of hydrogen-bond acceptors (Lipinski definition) is 18. The molecular weight excluding hydrogens is 1260 g/mol. The number of amides is 7. The molecule has 7 amide bonds. The van der Waals surface area contributed by atoms with E-state index in [1.807, 2.05) is 67.3 Å². The molecule has 6 heterocycles. The number of imide groups is 1. The van der Waals surface area contributed by atoms with Crippen LogP contribution in [0.2, 0.25) is 0 Å². The van der Waals surface area contributed by atoms with Crippen molar-refractivity contribution in [3.63, 3.8) is 0 Å². The highest BCUT2D eigenvalue weighted by atomic mass is 32.1. The largest absolute Gasteiger partial charge is 0.476 e. The van der Waals surface area contributed by atoms with Crippen LogP contribution in [0.15, 0.2) is 79.0 Å². The van der Waals surface area contributed by atoms with Gasteiger partial charge in [0.1, 0.15) is 37.5 Å². The van der Waals surface area contributed by atoms with E-state index in [1.54, 1.807) is 43.5 Å². The lowest BCUT2D eigenvalue weighted by molar-refractivity contribution is -0.923. The Bertz CT molecular complexity index is 3930. The summed E-state index contributed by atoms with van der Waals surface area (Å²) >= 11 is 1.55. The number of thiazole rings is 1. The molecule has 0 spiro atoms. The molecule has 6 aromatic rings. The SMILES string of the molecule is Cc1c(Nc2nc3ccccc3s2)nnc2c1CCCN2c1ccc(-c2cnn(CC34CC5(OCC[N+](C)(CCO)Cc6ccc(NC(=O)[C@H](CCCNC(N)=O)NC(=O)[C@@H](NC(=O)CCOCCN7C(=O)C=CC7=O)C(C)C)cc6)C[C@](C)(C3)C[C@](C)(C4)C5)c2C)c(C(=O)O)n1. The van der Waals surface area contributed by atoms with Crippen molar-refractivity contribution < 1.29 is 57.7 Å². The van der Waals surface area contributed by atoms with Crippen LogP contribution < -0.4 is 37.2 Å². The van der Waals surface area contributed by atoms with Crippen LogP contribution in [-0.2, 0) is 53.0 Å². The van der Waals surface area contributed by atoms with Crippen LogP contribution in [0.1, 0.15) is 125 Å². The number of urea groups is 1. The Morgan fingerprint density at radius 2 is 1.59 bits per heavy atom. The van der Waals surface area contributed by atoms with E-state index in [1.165, 1.54) is 12.2 Å². The maximum Gasteiger partial charge on any atom is 0.355 e. The van der Waals surface area contributed by atoms with Crippen LogP contribution in [0.25, 0.3) is 21.3 Å². The molecule has 2 aromatic carbocycles. The number of quaternary nitrogens is 1. The number of anilines is 5. The number of carbonyl (C=O) groups excluding carboxylic acids is 6. The van der Waals surface area contributed by atoms with Gasteiger partial charge in [0.05, 0.1) is 62.0 Å². The summed E-state index contributed by atoms with van der Waals surface area (Å²) in [6.45, 7) is 16.0. The number of likely N-dealkylation sites (N-methyl/N-ethyl adjacent to an activating group) is 1. The minimum atomic E-state index is -1.14. The molecule has 0 radical (unpaired) electrons. The van der Waals surface area contributed by atoms with Crippen LogP contribution >= 0.6 is 11.3 Å². The summed E-state index contributed by atoms with van der Waals surface area (Å²) in [7, 11) is 2.11. The molecule has 6 aliphatic rings. The number of aromatic carboxylic acids is 1. The Hall–Kier alpha value is -8.76. The zero-order valence-corrected chi connectivity index (χ0v) is 57.2. The predicted molar refractivity (Wildman–Crippen MR) is 366 cm³/mol. The number of para-hydroxylation sites is 1. The zero-order chi connectivity index (χ0) is 69.0. The maximum absolute atomic E-state index is 14.0. The molecule has 2 aliphatic heterocycles. The van der Waals surface area contributed by atoms with Gasteiger partial charge in [0, 0.05) is 77.4 Å². The smallest absolute Gasteiger partial charge is 0.355 e. The van der Waals surface area contributed by atoms with E-state index in [2.05, 4.69) is 57.3 Å². The van der Waals surface area contributed by atoms with Crippen LogP contribution in [-0.4, -0.2) is 175 Å². The lowest BCUT2D eigenvalue weighted by Crippen LogP contribution is -2.64. The number of aliphatic hydroxyl groups excluding tert-OH is 1. The lowest BCUT2D eigenvalue weighted by Gasteiger charge is -2.69. The number of hydrogen-bond donors (Lipinski definition) is 8. The van der Waals surface area contributed by atoms with Crippen molar-refractivity contribution >= 4 is 91.4 Å². The molecule has 7 atom stereocenters. The van der Waals surface area contributed by atoms with E-state index < -0.39 is 53.6 Å². The number of nitrogens with zero attached hydrogens (tertiary/aromatic N) is 9. The maximum atomic E-state index is 14.0. The highest BCUT2D eigenvalue weighted by molar-refractivity contribution is 7.22. The zero-order valence-electron chi connectivity index (χ0n) is 56.4. The van der Waals surface area contributed by atoms with Crippen molar-refractivity contribution in [3.05, 3.63) is 107 Å². The molecule has 4 fully saturated rings. The highest BCUT2D eigenvalue weighted by Crippen LogP contribution is 2.72. The fourth-order valence-corrected chi connectivity index (χ4v) is 17.4. The van der Waals surface area contributed by atoms with Gasteiger partial charge in [0.2, 0.25) is 17.7 Å². The van der Waals surface area contributed by atoms with Gasteiger partial charge in [-0.05, 0) is 137 Å². The van der Waals surface area contributed by atoms with Gasteiger partial charge in [-0.15, -0.1) is 10.2 Å². The fourth-order valence-electron chi connectivity index (χ4n) is 16.5. The van der Waals surface area contributed by atoms with Crippen LogP contribution in [0.5, 0.6) is 0 Å². The molecular formula is C70H90N15O11S+. The van der Waals surface area contributed by atoms with Gasteiger partial charge in [-0.2, -0.15) is 5.10 Å². The van der Waals surface area contributed by atoms with E-state index >= 15 is 0 Å². The van der Waals surface area contributed by atoms with Crippen molar-refractivity contribution in [1.29, 1.82) is 0 Å². The van der Waals surface area contributed by atoms with Gasteiger partial charge in [0.15, 0.2) is 22.5 Å². The summed E-state index contributed by atoms with van der Waals surface area (Å²) in [5.41, 5.74) is 11.2. The van der Waals surface area contributed by atoms with Crippen molar-refractivity contribution in [1.82, 2.24) is 50.8 Å². The molecule has 4 aliphatic carbocycles. The Balaban J connectivity index is 0.711. The standard InChI is InChI=1S/C70H89N15O11S/c1-43(2)58(78-55(87)24-31-95-32-27-83-56(88)22-23-57(83)89)63(91)75-52(14-10-25-72-65(71)94)62(90)74-47-18-16-46(17-19-47)35-85(7,28-30-86)29-33-96-70-39-67(5)36-68(6,40-70)38-69(37-67,41-70)42-84-45(4)50(34-73-84)49-20-21-54(77-59(49)64(92)93)82-26-11-12-48-44(3)60(80-81-61(48)82)79-66-76-51-13-8-9-15-53(51)97-66/h8-9,13,15-23,34,43,52,58,86H,10-12,14,24-33,35-42H2,1-7H3,(H7-,71,72,74,75,76,78,79,80,87,90,91,92,93,94)/p+1/t52-,58-,67-,68+,69?,70?,85?/m0/s1. The molecule has 9 N–H and O–H groups in total. The third kappa shape index (κ3) is 16.0. The number of benzene rings is 2. The third-order valence-corrected chi connectivity index (χ3v) is 20.9. The first-order valence-corrected chi connectivity index (χ1v) is 34.3. The minimum Gasteiger partial charge on any atom is -0.476 e. The number of carboxylic acid groups (broad SMARTS) is 1. The topological polar surface area (TPSA) is 340 Å². The lowest BCUT2D eigenvalue weighted by atomic mass is 9.39. The number of nitrogens with one attached hydrogen (secondary N) is 5. The van der Waals surface area contributed by atoms with Crippen molar-refractivity contribution in [2.24, 2.45) is 27.9 Å². The number of aliphatic hydroxyl groups is 1. The summed E-state index contributed by atoms with van der Waals surface area (Å²) in [6.07, 6.45) is 12.0. The second-order valence-corrected chi connectivity index (χ2v) is 29.7. The fraction of sp³-hybridized carbons (Fsp3) is 0.514. The monoisotopic (exact) mass is 1350 g/mol. The Labute approximate surface area is 568 Å². The minimum absolute atomic E-state index is 0.0211. The number of carbonyl (C=O) groups is 7.